The van der Waals surface area contributed by atoms with Crippen LogP contribution >= 0.6 is 0 Å². The van der Waals surface area contributed by atoms with Gasteiger partial charge in [0.05, 0.1) is 5.56 Å². The first kappa shape index (κ1) is 12.0. The molecule has 1 aromatic rings. The van der Waals surface area contributed by atoms with Crippen molar-refractivity contribution < 1.29 is 13.2 Å². The van der Waals surface area contributed by atoms with Gasteiger partial charge in [-0.1, -0.05) is 12.1 Å². The van der Waals surface area contributed by atoms with Crippen LogP contribution in [0.2, 0.25) is 0 Å². The molecule has 1 nitrogen and oxygen atoms in total. The fourth-order valence-electron chi connectivity index (χ4n) is 1.38. The summed E-state index contributed by atoms with van der Waals surface area (Å²) in [6.07, 6.45) is -0.358. The molecule has 1 rings (SSSR count). The van der Waals surface area contributed by atoms with Gasteiger partial charge in [-0.2, -0.15) is 0 Å². The molecule has 1 aromatic carbocycles. The molecule has 0 amide bonds. The molecule has 0 aliphatic rings. The lowest BCUT2D eigenvalue weighted by molar-refractivity contribution is 0.146. The van der Waals surface area contributed by atoms with Gasteiger partial charge in [0.2, 0.25) is 0 Å². The Hall–Kier alpha value is -1.03. The number of benzene rings is 1. The summed E-state index contributed by atoms with van der Waals surface area (Å²) in [4.78, 5) is 0. The molecule has 0 aliphatic heterocycles. The second kappa shape index (κ2) is 5.75. The summed E-state index contributed by atoms with van der Waals surface area (Å²) in [5.74, 6) is -0.824. The Kier molecular flexibility index (Phi) is 4.62. The van der Waals surface area contributed by atoms with Crippen molar-refractivity contribution in [1.29, 1.82) is 0 Å². The van der Waals surface area contributed by atoms with Crippen LogP contribution in [0.4, 0.5) is 13.2 Å². The zero-order chi connectivity index (χ0) is 11.3. The molecule has 0 unspecified atom stereocenters. The normalized spacial score (nSPS) is 11.0. The number of aryl methyl sites for hydroxylation is 1. The van der Waals surface area contributed by atoms with Crippen LogP contribution in [0.25, 0.3) is 0 Å². The maximum Gasteiger partial charge on any atom is 0.266 e. The van der Waals surface area contributed by atoms with Gasteiger partial charge in [0.25, 0.3) is 6.43 Å². The van der Waals surface area contributed by atoms with Crippen molar-refractivity contribution in [3.05, 3.63) is 35.1 Å². The van der Waals surface area contributed by atoms with Crippen LogP contribution in [0.5, 0.6) is 0 Å². The molecule has 0 atom stereocenters. The summed E-state index contributed by atoms with van der Waals surface area (Å²) >= 11 is 0. The van der Waals surface area contributed by atoms with Gasteiger partial charge in [-0.25, -0.2) is 13.2 Å². The molecular formula is C11H14F3N. The maximum absolute atomic E-state index is 13.1. The smallest absolute Gasteiger partial charge is 0.266 e. The van der Waals surface area contributed by atoms with Crippen LogP contribution in [0.3, 0.4) is 0 Å². The Bertz CT molecular complexity index is 313. The number of hydrogen-bond acceptors (Lipinski definition) is 1. The van der Waals surface area contributed by atoms with E-state index in [-0.39, 0.29) is 0 Å². The van der Waals surface area contributed by atoms with E-state index in [1.165, 1.54) is 6.07 Å². The molecule has 15 heavy (non-hydrogen) atoms. The zero-order valence-electron chi connectivity index (χ0n) is 8.35. The van der Waals surface area contributed by atoms with E-state index in [0.717, 1.165) is 24.5 Å². The first-order chi connectivity index (χ1) is 7.15. The highest BCUT2D eigenvalue weighted by atomic mass is 19.3. The van der Waals surface area contributed by atoms with Crippen molar-refractivity contribution in [2.45, 2.75) is 25.7 Å². The summed E-state index contributed by atoms with van der Waals surface area (Å²) in [6, 6.07) is 3.87. The molecule has 0 aromatic heterocycles. The van der Waals surface area contributed by atoms with E-state index >= 15 is 0 Å². The average molecular weight is 217 g/mol. The Labute approximate surface area is 87.1 Å². The SMILES string of the molecule is NCCCCc1ccc(C(F)F)c(F)c1. The molecule has 0 saturated carbocycles. The minimum Gasteiger partial charge on any atom is -0.330 e. The number of unbranched alkanes of at least 4 members (excludes halogenated alkanes) is 1. The third kappa shape index (κ3) is 3.55. The fraction of sp³-hybridized carbons (Fsp3) is 0.455. The van der Waals surface area contributed by atoms with Crippen molar-refractivity contribution in [2.75, 3.05) is 6.54 Å². The van der Waals surface area contributed by atoms with Crippen LogP contribution in [0.1, 0.15) is 30.4 Å². The van der Waals surface area contributed by atoms with Crippen LogP contribution in [0.15, 0.2) is 18.2 Å². The average Bonchev–Trinajstić information content (AvgIpc) is 2.17. The van der Waals surface area contributed by atoms with Gasteiger partial charge < -0.3 is 5.73 Å². The standard InChI is InChI=1S/C11H14F3N/c12-10-7-8(3-1-2-6-15)4-5-9(10)11(13)14/h4-5,7,11H,1-3,6,15H2. The van der Waals surface area contributed by atoms with Gasteiger partial charge in [0.15, 0.2) is 0 Å². The van der Waals surface area contributed by atoms with Crippen molar-refractivity contribution >= 4 is 0 Å². The Balaban J connectivity index is 2.65. The topological polar surface area (TPSA) is 26.0 Å². The molecule has 84 valence electrons. The van der Waals surface area contributed by atoms with E-state index in [9.17, 15) is 13.2 Å². The van der Waals surface area contributed by atoms with Crippen LogP contribution in [-0.2, 0) is 6.42 Å². The largest absolute Gasteiger partial charge is 0.330 e. The quantitative estimate of drug-likeness (QED) is 0.754. The van der Waals surface area contributed by atoms with Crippen molar-refractivity contribution in [1.82, 2.24) is 0 Å². The summed E-state index contributed by atoms with van der Waals surface area (Å²) in [7, 11) is 0. The first-order valence-corrected chi connectivity index (χ1v) is 4.91. The van der Waals surface area contributed by atoms with Gasteiger partial charge in [-0.05, 0) is 37.4 Å². The summed E-state index contributed by atoms with van der Waals surface area (Å²) in [6.45, 7) is 0.595. The molecule has 0 heterocycles. The Morgan fingerprint density at radius 1 is 1.20 bits per heavy atom. The van der Waals surface area contributed by atoms with E-state index < -0.39 is 17.8 Å². The third-order valence-electron chi connectivity index (χ3n) is 2.22. The van der Waals surface area contributed by atoms with Crippen molar-refractivity contribution in [3.8, 4) is 0 Å². The van der Waals surface area contributed by atoms with Gasteiger partial charge in [-0.15, -0.1) is 0 Å². The molecular weight excluding hydrogens is 203 g/mol. The van der Waals surface area contributed by atoms with Gasteiger partial charge in [0.1, 0.15) is 5.82 Å². The number of nitrogens with two attached hydrogens (primary N) is 1. The van der Waals surface area contributed by atoms with E-state index in [4.69, 9.17) is 5.73 Å². The first-order valence-electron chi connectivity index (χ1n) is 4.91. The second-order valence-electron chi connectivity index (χ2n) is 3.40. The lowest BCUT2D eigenvalue weighted by Crippen LogP contribution is -1.99. The predicted octanol–water partition coefficient (Wildman–Crippen LogP) is 3.04. The summed E-state index contributed by atoms with van der Waals surface area (Å²) in [5, 5.41) is 0. The number of alkyl halides is 2. The second-order valence-corrected chi connectivity index (χ2v) is 3.40. The highest BCUT2D eigenvalue weighted by Gasteiger charge is 2.12. The fourth-order valence-corrected chi connectivity index (χ4v) is 1.38. The molecule has 0 saturated heterocycles. The molecule has 0 aliphatic carbocycles. The predicted molar refractivity (Wildman–Crippen MR) is 53.3 cm³/mol. The molecule has 0 spiro atoms. The van der Waals surface area contributed by atoms with E-state index in [1.54, 1.807) is 6.07 Å². The zero-order valence-corrected chi connectivity index (χ0v) is 8.35. The van der Waals surface area contributed by atoms with Crippen LogP contribution < -0.4 is 5.73 Å². The maximum atomic E-state index is 13.1. The number of rotatable bonds is 5. The van der Waals surface area contributed by atoms with Crippen molar-refractivity contribution in [2.24, 2.45) is 5.73 Å². The van der Waals surface area contributed by atoms with Crippen LogP contribution in [-0.4, -0.2) is 6.54 Å². The summed E-state index contributed by atoms with van der Waals surface area (Å²) < 4.78 is 37.5. The van der Waals surface area contributed by atoms with Crippen molar-refractivity contribution in [3.63, 3.8) is 0 Å². The van der Waals surface area contributed by atoms with E-state index in [2.05, 4.69) is 0 Å². The molecule has 2 N–H and O–H groups in total. The Morgan fingerprint density at radius 2 is 1.93 bits per heavy atom. The minimum absolute atomic E-state index is 0.530. The molecule has 4 heteroatoms. The van der Waals surface area contributed by atoms with Gasteiger partial charge in [-0.3, -0.25) is 0 Å². The van der Waals surface area contributed by atoms with E-state index in [1.807, 2.05) is 0 Å². The Morgan fingerprint density at radius 3 is 2.47 bits per heavy atom. The van der Waals surface area contributed by atoms with Gasteiger partial charge in [0, 0.05) is 0 Å². The minimum atomic E-state index is -2.75. The molecule has 0 radical (unpaired) electrons. The van der Waals surface area contributed by atoms with Crippen LogP contribution in [0, 0.1) is 5.82 Å². The summed E-state index contributed by atoms with van der Waals surface area (Å²) in [5.41, 5.74) is 5.52. The third-order valence-corrected chi connectivity index (χ3v) is 2.22. The lowest BCUT2D eigenvalue weighted by atomic mass is 10.1. The number of hydrogen-bond donors (Lipinski definition) is 1. The highest BCUT2D eigenvalue weighted by Crippen LogP contribution is 2.23. The molecule has 0 fully saturated rings. The molecule has 0 bridgehead atoms. The monoisotopic (exact) mass is 217 g/mol. The highest BCUT2D eigenvalue weighted by molar-refractivity contribution is 5.25. The lowest BCUT2D eigenvalue weighted by Gasteiger charge is -2.05. The van der Waals surface area contributed by atoms with Gasteiger partial charge >= 0.3 is 0 Å². The number of halogens is 3. The van der Waals surface area contributed by atoms with E-state index in [0.29, 0.717) is 13.0 Å².